The first kappa shape index (κ1) is 15.7. The summed E-state index contributed by atoms with van der Waals surface area (Å²) in [5.41, 5.74) is 0.0918. The lowest BCUT2D eigenvalue weighted by Crippen LogP contribution is -2.15. The minimum absolute atomic E-state index is 0.0872. The van der Waals surface area contributed by atoms with Crippen LogP contribution in [0.2, 0.25) is 0 Å². The number of benzene rings is 1. The fourth-order valence-corrected chi connectivity index (χ4v) is 3.78. The molecule has 0 aliphatic rings. The highest BCUT2D eigenvalue weighted by Crippen LogP contribution is 2.19. The molecule has 1 aromatic rings. The SMILES string of the molecule is CC(C)CC(C)CS(=O)(=O)c1ccc(C(=O)O)cc1. The first-order valence-corrected chi connectivity index (χ1v) is 7.93. The fraction of sp³-hybridized carbons (Fsp3) is 0.500. The van der Waals surface area contributed by atoms with Gasteiger partial charge in [0.25, 0.3) is 0 Å². The van der Waals surface area contributed by atoms with E-state index in [1.807, 2.05) is 6.92 Å². The van der Waals surface area contributed by atoms with E-state index in [0.717, 1.165) is 6.42 Å². The van der Waals surface area contributed by atoms with Crippen LogP contribution >= 0.6 is 0 Å². The van der Waals surface area contributed by atoms with Crippen molar-refractivity contribution >= 4 is 15.8 Å². The van der Waals surface area contributed by atoms with Gasteiger partial charge in [-0.3, -0.25) is 0 Å². The summed E-state index contributed by atoms with van der Waals surface area (Å²) < 4.78 is 24.3. The average Bonchev–Trinajstić information content (AvgIpc) is 2.27. The molecule has 0 spiro atoms. The van der Waals surface area contributed by atoms with E-state index in [-0.39, 0.29) is 22.1 Å². The highest BCUT2D eigenvalue weighted by atomic mass is 32.2. The van der Waals surface area contributed by atoms with Crippen LogP contribution in [0.15, 0.2) is 29.2 Å². The molecule has 0 aliphatic heterocycles. The number of carbonyl (C=O) groups is 1. The monoisotopic (exact) mass is 284 g/mol. The van der Waals surface area contributed by atoms with E-state index in [1.54, 1.807) is 0 Å². The van der Waals surface area contributed by atoms with Crippen LogP contribution in [0.4, 0.5) is 0 Å². The second-order valence-corrected chi connectivity index (χ2v) is 7.38. The van der Waals surface area contributed by atoms with Gasteiger partial charge in [-0.05, 0) is 42.5 Å². The van der Waals surface area contributed by atoms with Crippen LogP contribution in [0, 0.1) is 11.8 Å². The summed E-state index contributed by atoms with van der Waals surface area (Å²) in [6.45, 7) is 6.04. The number of rotatable bonds is 6. The van der Waals surface area contributed by atoms with Gasteiger partial charge in [-0.1, -0.05) is 20.8 Å². The highest BCUT2D eigenvalue weighted by Gasteiger charge is 2.19. The largest absolute Gasteiger partial charge is 0.478 e. The van der Waals surface area contributed by atoms with E-state index < -0.39 is 15.8 Å². The molecule has 1 aromatic carbocycles. The van der Waals surface area contributed by atoms with Crippen molar-refractivity contribution in [2.75, 3.05) is 5.75 Å². The molecule has 0 heterocycles. The highest BCUT2D eigenvalue weighted by molar-refractivity contribution is 7.91. The molecule has 0 saturated heterocycles. The summed E-state index contributed by atoms with van der Waals surface area (Å²) in [4.78, 5) is 10.9. The lowest BCUT2D eigenvalue weighted by atomic mass is 10.0. The van der Waals surface area contributed by atoms with E-state index in [1.165, 1.54) is 24.3 Å². The molecule has 0 radical (unpaired) electrons. The van der Waals surface area contributed by atoms with Gasteiger partial charge >= 0.3 is 5.97 Å². The second-order valence-electron chi connectivity index (χ2n) is 5.35. The summed E-state index contributed by atoms with van der Waals surface area (Å²) in [7, 11) is -3.34. The second kappa shape index (κ2) is 6.19. The van der Waals surface area contributed by atoms with Crippen LogP contribution < -0.4 is 0 Å². The smallest absolute Gasteiger partial charge is 0.335 e. The van der Waals surface area contributed by atoms with Crippen LogP contribution in [-0.4, -0.2) is 25.2 Å². The normalized spacial score (nSPS) is 13.5. The Balaban J connectivity index is 2.85. The van der Waals surface area contributed by atoms with Gasteiger partial charge in [0.1, 0.15) is 0 Å². The van der Waals surface area contributed by atoms with Crippen molar-refractivity contribution in [2.24, 2.45) is 11.8 Å². The van der Waals surface area contributed by atoms with Gasteiger partial charge in [0, 0.05) is 0 Å². The molecular weight excluding hydrogens is 264 g/mol. The first-order valence-electron chi connectivity index (χ1n) is 6.28. The van der Waals surface area contributed by atoms with Gasteiger partial charge in [-0.25, -0.2) is 13.2 Å². The lowest BCUT2D eigenvalue weighted by molar-refractivity contribution is 0.0696. The van der Waals surface area contributed by atoms with Crippen molar-refractivity contribution < 1.29 is 18.3 Å². The molecule has 0 bridgehead atoms. The molecule has 19 heavy (non-hydrogen) atoms. The molecule has 1 N–H and O–H groups in total. The van der Waals surface area contributed by atoms with E-state index in [0.29, 0.717) is 5.92 Å². The standard InChI is InChI=1S/C14H20O4S/c1-10(2)8-11(3)9-19(17,18)13-6-4-12(5-7-13)14(15)16/h4-7,10-11H,8-9H2,1-3H3,(H,15,16). The summed E-state index contributed by atoms with van der Waals surface area (Å²) in [6.07, 6.45) is 0.854. The zero-order valence-corrected chi connectivity index (χ0v) is 12.3. The number of hydrogen-bond acceptors (Lipinski definition) is 3. The van der Waals surface area contributed by atoms with E-state index in [9.17, 15) is 13.2 Å². The van der Waals surface area contributed by atoms with Gasteiger partial charge < -0.3 is 5.11 Å². The van der Waals surface area contributed by atoms with Crippen LogP contribution in [0.1, 0.15) is 37.6 Å². The van der Waals surface area contributed by atoms with Gasteiger partial charge in [0.05, 0.1) is 16.2 Å². The van der Waals surface area contributed by atoms with E-state index in [2.05, 4.69) is 13.8 Å². The Morgan fingerprint density at radius 3 is 2.11 bits per heavy atom. The van der Waals surface area contributed by atoms with Crippen LogP contribution in [0.5, 0.6) is 0 Å². The van der Waals surface area contributed by atoms with Gasteiger partial charge in [0.15, 0.2) is 9.84 Å². The minimum atomic E-state index is -3.34. The van der Waals surface area contributed by atoms with E-state index in [4.69, 9.17) is 5.11 Å². The summed E-state index contributed by atoms with van der Waals surface area (Å²) in [5, 5.41) is 8.77. The molecule has 0 fully saturated rings. The Morgan fingerprint density at radius 1 is 1.16 bits per heavy atom. The molecule has 106 valence electrons. The average molecular weight is 284 g/mol. The molecule has 1 atom stereocenters. The van der Waals surface area contributed by atoms with Crippen molar-refractivity contribution in [1.29, 1.82) is 0 Å². The van der Waals surface area contributed by atoms with E-state index >= 15 is 0 Å². The number of carboxylic acid groups (broad SMARTS) is 1. The molecule has 0 aromatic heterocycles. The number of carboxylic acids is 1. The third-order valence-corrected chi connectivity index (χ3v) is 4.84. The maximum atomic E-state index is 12.2. The number of aromatic carboxylic acids is 1. The quantitative estimate of drug-likeness (QED) is 0.872. The maximum absolute atomic E-state index is 12.2. The van der Waals surface area contributed by atoms with Crippen molar-refractivity contribution in [1.82, 2.24) is 0 Å². The van der Waals surface area contributed by atoms with Crippen LogP contribution in [-0.2, 0) is 9.84 Å². The van der Waals surface area contributed by atoms with Gasteiger partial charge in [-0.15, -0.1) is 0 Å². The molecule has 5 heteroatoms. The Labute approximate surface area is 114 Å². The molecular formula is C14H20O4S. The molecule has 4 nitrogen and oxygen atoms in total. The fourth-order valence-electron chi connectivity index (χ4n) is 2.15. The van der Waals surface area contributed by atoms with Crippen molar-refractivity contribution in [3.05, 3.63) is 29.8 Å². The predicted octanol–water partition coefficient (Wildman–Crippen LogP) is 2.84. The van der Waals surface area contributed by atoms with Crippen molar-refractivity contribution in [3.63, 3.8) is 0 Å². The summed E-state index contributed by atoms with van der Waals surface area (Å²) >= 11 is 0. The Hall–Kier alpha value is -1.36. The van der Waals surface area contributed by atoms with Crippen molar-refractivity contribution in [3.8, 4) is 0 Å². The minimum Gasteiger partial charge on any atom is -0.478 e. The van der Waals surface area contributed by atoms with Crippen LogP contribution in [0.25, 0.3) is 0 Å². The third-order valence-electron chi connectivity index (χ3n) is 2.84. The molecule has 1 rings (SSSR count). The molecule has 0 aliphatic carbocycles. The zero-order chi connectivity index (χ0) is 14.6. The number of hydrogen-bond donors (Lipinski definition) is 1. The maximum Gasteiger partial charge on any atom is 0.335 e. The topological polar surface area (TPSA) is 71.4 Å². The Morgan fingerprint density at radius 2 is 1.68 bits per heavy atom. The zero-order valence-electron chi connectivity index (χ0n) is 11.5. The molecule has 0 amide bonds. The Bertz CT molecular complexity index is 529. The predicted molar refractivity (Wildman–Crippen MR) is 74.1 cm³/mol. The lowest BCUT2D eigenvalue weighted by Gasteiger charge is -2.14. The summed E-state index contributed by atoms with van der Waals surface area (Å²) in [5.74, 6) is -0.418. The summed E-state index contributed by atoms with van der Waals surface area (Å²) in [6, 6.07) is 5.37. The van der Waals surface area contributed by atoms with Gasteiger partial charge in [-0.2, -0.15) is 0 Å². The van der Waals surface area contributed by atoms with Gasteiger partial charge in [0.2, 0.25) is 0 Å². The number of sulfone groups is 1. The Kier molecular flexibility index (Phi) is 5.11. The molecule has 1 unspecified atom stereocenters. The first-order chi connectivity index (χ1) is 8.72. The van der Waals surface area contributed by atoms with Crippen LogP contribution in [0.3, 0.4) is 0 Å². The molecule has 0 saturated carbocycles. The van der Waals surface area contributed by atoms with Crippen molar-refractivity contribution in [2.45, 2.75) is 32.1 Å². The third kappa shape index (κ3) is 4.67.